The second-order valence-electron chi connectivity index (χ2n) is 4.20. The van der Waals surface area contributed by atoms with Crippen molar-refractivity contribution >= 4 is 26.6 Å². The van der Waals surface area contributed by atoms with Crippen LogP contribution in [-0.2, 0) is 10.0 Å². The molecule has 0 atom stereocenters. The fourth-order valence-corrected chi connectivity index (χ4v) is 3.58. The van der Waals surface area contributed by atoms with Gasteiger partial charge in [-0.25, -0.2) is 8.42 Å². The Kier molecular flexibility index (Phi) is 3.64. The molecule has 0 aliphatic carbocycles. The zero-order chi connectivity index (χ0) is 14.0. The summed E-state index contributed by atoms with van der Waals surface area (Å²) in [5.74, 6) is 0. The number of hydrogen-bond acceptors (Lipinski definition) is 3. The van der Waals surface area contributed by atoms with E-state index in [0.29, 0.717) is 17.6 Å². The molecule has 1 heterocycles. The Morgan fingerprint density at radius 3 is 2.84 bits per heavy atom. The second kappa shape index (κ2) is 5.07. The number of nitrogens with one attached hydrogen (secondary N) is 1. The van der Waals surface area contributed by atoms with Gasteiger partial charge in [-0.2, -0.15) is 4.31 Å². The van der Waals surface area contributed by atoms with Crippen molar-refractivity contribution in [3.05, 3.63) is 37.1 Å². The van der Waals surface area contributed by atoms with Gasteiger partial charge in [-0.1, -0.05) is 13.0 Å². The van der Waals surface area contributed by atoms with Gasteiger partial charge in [0.25, 0.3) is 0 Å². The molecule has 5 nitrogen and oxygen atoms in total. The van der Waals surface area contributed by atoms with Gasteiger partial charge >= 0.3 is 0 Å². The molecule has 0 spiro atoms. The number of sulfonamides is 1. The molecule has 1 aromatic heterocycles. The molecule has 102 valence electrons. The molecule has 2 rings (SSSR count). The van der Waals surface area contributed by atoms with Gasteiger partial charge in [-0.15, -0.1) is 6.58 Å². The number of nitrogens with two attached hydrogens (primary N) is 1. The number of likely N-dealkylation sites (N-methyl/N-ethyl adjacent to an activating group) is 1. The maximum atomic E-state index is 12.6. The molecule has 19 heavy (non-hydrogen) atoms. The van der Waals surface area contributed by atoms with Gasteiger partial charge in [0.2, 0.25) is 10.0 Å². The normalized spacial score (nSPS) is 12.1. The maximum absolute atomic E-state index is 12.6. The number of hydrogen-bond donors (Lipinski definition) is 2. The summed E-state index contributed by atoms with van der Waals surface area (Å²) in [5, 5.41) is 0.613. The summed E-state index contributed by atoms with van der Waals surface area (Å²) in [7, 11) is -3.54. The summed E-state index contributed by atoms with van der Waals surface area (Å²) in [6.07, 6.45) is 3.08. The SMILES string of the molecule is C=CCN(CC)S(=O)(=O)c1c[nH]c2ccc(N)cc12. The molecule has 0 amide bonds. The average Bonchev–Trinajstić information content (AvgIpc) is 2.79. The molecular weight excluding hydrogens is 262 g/mol. The number of nitrogens with zero attached hydrogens (tertiary/aromatic N) is 1. The number of rotatable bonds is 5. The van der Waals surface area contributed by atoms with E-state index >= 15 is 0 Å². The third kappa shape index (κ3) is 2.36. The Morgan fingerprint density at radius 2 is 2.21 bits per heavy atom. The second-order valence-corrected chi connectivity index (χ2v) is 6.11. The molecule has 0 saturated carbocycles. The number of fused-ring (bicyclic) bond motifs is 1. The molecule has 2 aromatic rings. The van der Waals surface area contributed by atoms with E-state index in [1.54, 1.807) is 31.2 Å². The van der Waals surface area contributed by atoms with Crippen LogP contribution in [0.5, 0.6) is 0 Å². The van der Waals surface area contributed by atoms with E-state index in [9.17, 15) is 8.42 Å². The van der Waals surface area contributed by atoms with Crippen molar-refractivity contribution in [2.75, 3.05) is 18.8 Å². The van der Waals surface area contributed by atoms with Gasteiger partial charge in [0.05, 0.1) is 0 Å². The van der Waals surface area contributed by atoms with Crippen LogP contribution in [0.3, 0.4) is 0 Å². The predicted molar refractivity (Wildman–Crippen MR) is 77.3 cm³/mol. The van der Waals surface area contributed by atoms with Gasteiger partial charge in [0.1, 0.15) is 4.90 Å². The summed E-state index contributed by atoms with van der Waals surface area (Å²) in [6.45, 7) is 6.06. The predicted octanol–water partition coefficient (Wildman–Crippen LogP) is 1.95. The zero-order valence-electron chi connectivity index (χ0n) is 10.8. The van der Waals surface area contributed by atoms with Crippen LogP contribution in [0.4, 0.5) is 5.69 Å². The number of nitrogen functional groups attached to an aromatic ring is 1. The minimum absolute atomic E-state index is 0.249. The first-order valence-electron chi connectivity index (χ1n) is 5.98. The summed E-state index contributed by atoms with van der Waals surface area (Å²) in [6, 6.07) is 5.17. The third-order valence-electron chi connectivity index (χ3n) is 2.97. The molecule has 0 radical (unpaired) electrons. The molecule has 0 fully saturated rings. The van der Waals surface area contributed by atoms with E-state index in [4.69, 9.17) is 5.73 Å². The van der Waals surface area contributed by atoms with E-state index in [1.807, 2.05) is 0 Å². The lowest BCUT2D eigenvalue weighted by atomic mass is 10.2. The lowest BCUT2D eigenvalue weighted by molar-refractivity contribution is 0.460. The molecule has 0 aliphatic heterocycles. The Morgan fingerprint density at radius 1 is 1.47 bits per heavy atom. The minimum atomic E-state index is -3.54. The van der Waals surface area contributed by atoms with Gasteiger partial charge in [-0.05, 0) is 18.2 Å². The van der Waals surface area contributed by atoms with Crippen molar-refractivity contribution < 1.29 is 8.42 Å². The monoisotopic (exact) mass is 279 g/mol. The van der Waals surface area contributed by atoms with Gasteiger partial charge in [-0.3, -0.25) is 0 Å². The maximum Gasteiger partial charge on any atom is 0.245 e. The summed E-state index contributed by atoms with van der Waals surface area (Å²) < 4.78 is 26.5. The highest BCUT2D eigenvalue weighted by molar-refractivity contribution is 7.89. The fourth-order valence-electron chi connectivity index (χ4n) is 2.01. The quantitative estimate of drug-likeness (QED) is 0.648. The van der Waals surface area contributed by atoms with Gasteiger partial charge < -0.3 is 10.7 Å². The topological polar surface area (TPSA) is 79.2 Å². The Labute approximate surface area is 112 Å². The third-order valence-corrected chi connectivity index (χ3v) is 4.95. The molecule has 0 bridgehead atoms. The Balaban J connectivity index is 2.60. The van der Waals surface area contributed by atoms with Crippen LogP contribution in [0.1, 0.15) is 6.92 Å². The Hall–Kier alpha value is -1.79. The Bertz CT molecular complexity index is 704. The van der Waals surface area contributed by atoms with Crippen molar-refractivity contribution in [3.8, 4) is 0 Å². The number of benzene rings is 1. The van der Waals surface area contributed by atoms with Gasteiger partial charge in [0, 0.05) is 35.9 Å². The molecule has 6 heteroatoms. The largest absolute Gasteiger partial charge is 0.399 e. The van der Waals surface area contributed by atoms with Crippen molar-refractivity contribution in [2.45, 2.75) is 11.8 Å². The average molecular weight is 279 g/mol. The standard InChI is InChI=1S/C13H17N3O2S/c1-3-7-16(4-2)19(17,18)13-9-15-12-6-5-10(14)8-11(12)13/h3,5-6,8-9,15H,1,4,7,14H2,2H3. The molecule has 1 aromatic carbocycles. The molecular formula is C13H17N3O2S. The minimum Gasteiger partial charge on any atom is -0.399 e. The smallest absolute Gasteiger partial charge is 0.245 e. The highest BCUT2D eigenvalue weighted by atomic mass is 32.2. The lowest BCUT2D eigenvalue weighted by Gasteiger charge is -2.18. The van der Waals surface area contributed by atoms with Crippen molar-refractivity contribution in [3.63, 3.8) is 0 Å². The first kappa shape index (κ1) is 13.6. The van der Waals surface area contributed by atoms with Crippen molar-refractivity contribution in [1.29, 1.82) is 0 Å². The zero-order valence-corrected chi connectivity index (χ0v) is 11.6. The number of aromatic amines is 1. The molecule has 0 aliphatic rings. The van der Waals surface area contributed by atoms with Crippen LogP contribution in [0.25, 0.3) is 10.9 Å². The van der Waals surface area contributed by atoms with Gasteiger partial charge in [0.15, 0.2) is 0 Å². The number of aromatic nitrogens is 1. The van der Waals surface area contributed by atoms with E-state index in [1.165, 1.54) is 10.5 Å². The number of anilines is 1. The lowest BCUT2D eigenvalue weighted by Crippen LogP contribution is -2.30. The van der Waals surface area contributed by atoms with Crippen molar-refractivity contribution in [1.82, 2.24) is 9.29 Å². The van der Waals surface area contributed by atoms with E-state index in [0.717, 1.165) is 5.52 Å². The van der Waals surface area contributed by atoms with Crippen LogP contribution in [0.15, 0.2) is 41.9 Å². The van der Waals surface area contributed by atoms with Crippen molar-refractivity contribution in [2.24, 2.45) is 0 Å². The van der Waals surface area contributed by atoms with Crippen LogP contribution in [0.2, 0.25) is 0 Å². The first-order chi connectivity index (χ1) is 9.00. The van der Waals surface area contributed by atoms with E-state index in [2.05, 4.69) is 11.6 Å². The van der Waals surface area contributed by atoms with Crippen LogP contribution >= 0.6 is 0 Å². The highest BCUT2D eigenvalue weighted by Gasteiger charge is 2.25. The summed E-state index contributed by atoms with van der Waals surface area (Å²) >= 11 is 0. The first-order valence-corrected chi connectivity index (χ1v) is 7.42. The van der Waals surface area contributed by atoms with Crippen LogP contribution < -0.4 is 5.73 Å². The number of H-pyrrole nitrogens is 1. The molecule has 0 saturated heterocycles. The molecule has 0 unspecified atom stereocenters. The summed E-state index contributed by atoms with van der Waals surface area (Å²) in [4.78, 5) is 3.20. The van der Waals surface area contributed by atoms with Crippen LogP contribution in [-0.4, -0.2) is 30.8 Å². The fraction of sp³-hybridized carbons (Fsp3) is 0.231. The molecule has 3 N–H and O–H groups in total. The van der Waals surface area contributed by atoms with E-state index < -0.39 is 10.0 Å². The summed E-state index contributed by atoms with van der Waals surface area (Å²) in [5.41, 5.74) is 7.01. The van der Waals surface area contributed by atoms with Crippen LogP contribution in [0, 0.1) is 0 Å². The highest BCUT2D eigenvalue weighted by Crippen LogP contribution is 2.27. The van der Waals surface area contributed by atoms with E-state index in [-0.39, 0.29) is 11.4 Å².